The second kappa shape index (κ2) is 6.29. The maximum absolute atomic E-state index is 13.0. The fourth-order valence-electron chi connectivity index (χ4n) is 3.17. The fraction of sp³-hybridized carbons (Fsp3) is 0.529. The van der Waals surface area contributed by atoms with E-state index in [0.717, 1.165) is 24.2 Å². The number of morpholine rings is 1. The number of rotatable bonds is 4. The van der Waals surface area contributed by atoms with Crippen molar-refractivity contribution >= 4 is 11.9 Å². The third-order valence-electron chi connectivity index (χ3n) is 4.70. The molecule has 0 radical (unpaired) electrons. The molecule has 2 fully saturated rings. The van der Waals surface area contributed by atoms with Gasteiger partial charge in [0.15, 0.2) is 0 Å². The van der Waals surface area contributed by atoms with Gasteiger partial charge in [0.1, 0.15) is 5.54 Å². The van der Waals surface area contributed by atoms with E-state index in [0.29, 0.717) is 26.3 Å². The smallest absolute Gasteiger partial charge is 0.326 e. The zero-order chi connectivity index (χ0) is 16.4. The third kappa shape index (κ3) is 2.84. The average Bonchev–Trinajstić information content (AvgIpc) is 2.82. The van der Waals surface area contributed by atoms with Gasteiger partial charge in [0, 0.05) is 13.1 Å². The number of amides is 3. The summed E-state index contributed by atoms with van der Waals surface area (Å²) in [6.45, 7) is 7.00. The topological polar surface area (TPSA) is 61.9 Å². The highest BCUT2D eigenvalue weighted by Gasteiger charge is 2.51. The molecule has 2 saturated heterocycles. The van der Waals surface area contributed by atoms with Crippen LogP contribution in [0.3, 0.4) is 0 Å². The van der Waals surface area contributed by atoms with E-state index < -0.39 is 5.54 Å². The van der Waals surface area contributed by atoms with Crippen LogP contribution in [0.15, 0.2) is 24.3 Å². The van der Waals surface area contributed by atoms with Gasteiger partial charge in [-0.1, -0.05) is 36.8 Å². The Bertz CT molecular complexity index is 596. The van der Waals surface area contributed by atoms with Crippen LogP contribution in [-0.2, 0) is 15.1 Å². The van der Waals surface area contributed by atoms with Gasteiger partial charge in [-0.3, -0.25) is 9.69 Å². The lowest BCUT2D eigenvalue weighted by molar-refractivity contribution is -0.133. The van der Waals surface area contributed by atoms with Crippen molar-refractivity contribution in [2.24, 2.45) is 0 Å². The Hall–Kier alpha value is -1.92. The van der Waals surface area contributed by atoms with Crippen LogP contribution in [0.1, 0.15) is 24.5 Å². The SMILES string of the molecule is CC[C@]1(c2ccc(C)cc2)NC(=O)N(CN2CCOCC2)C1=O. The zero-order valence-corrected chi connectivity index (χ0v) is 13.7. The molecule has 6 nitrogen and oxygen atoms in total. The average molecular weight is 317 g/mol. The lowest BCUT2D eigenvalue weighted by Gasteiger charge is -2.30. The lowest BCUT2D eigenvalue weighted by Crippen LogP contribution is -2.47. The van der Waals surface area contributed by atoms with Gasteiger partial charge in [-0.05, 0) is 18.9 Å². The summed E-state index contributed by atoms with van der Waals surface area (Å²) in [5.74, 6) is -0.166. The number of urea groups is 1. The van der Waals surface area contributed by atoms with Crippen molar-refractivity contribution in [3.05, 3.63) is 35.4 Å². The van der Waals surface area contributed by atoms with Crippen LogP contribution in [0.25, 0.3) is 0 Å². The van der Waals surface area contributed by atoms with Gasteiger partial charge in [-0.25, -0.2) is 9.69 Å². The van der Waals surface area contributed by atoms with Crippen LogP contribution in [0.2, 0.25) is 0 Å². The van der Waals surface area contributed by atoms with Crippen molar-refractivity contribution in [2.75, 3.05) is 33.0 Å². The summed E-state index contributed by atoms with van der Waals surface area (Å²) in [5.41, 5.74) is 1.02. The quantitative estimate of drug-likeness (QED) is 0.854. The van der Waals surface area contributed by atoms with Crippen LogP contribution < -0.4 is 5.32 Å². The molecular weight excluding hydrogens is 294 g/mol. The normalized spacial score (nSPS) is 25.7. The number of hydrogen-bond donors (Lipinski definition) is 1. The second-order valence-electron chi connectivity index (χ2n) is 6.16. The molecule has 0 aromatic heterocycles. The van der Waals surface area contributed by atoms with Crippen molar-refractivity contribution in [1.82, 2.24) is 15.1 Å². The van der Waals surface area contributed by atoms with E-state index in [4.69, 9.17) is 4.74 Å². The number of carbonyl (C=O) groups is 2. The first-order chi connectivity index (χ1) is 11.1. The molecule has 0 spiro atoms. The predicted molar refractivity (Wildman–Crippen MR) is 85.8 cm³/mol. The molecule has 1 atom stereocenters. The molecule has 0 unspecified atom stereocenters. The number of benzene rings is 1. The standard InChI is InChI=1S/C17H23N3O3/c1-3-17(14-6-4-13(2)5-7-14)15(21)20(16(22)18-17)12-19-8-10-23-11-9-19/h4-7H,3,8-12H2,1-2H3,(H,18,22)/t17-/m1/s1. The minimum atomic E-state index is -0.947. The first kappa shape index (κ1) is 16.0. The van der Waals surface area contributed by atoms with E-state index in [1.165, 1.54) is 4.90 Å². The number of nitrogens with zero attached hydrogens (tertiary/aromatic N) is 2. The highest BCUT2D eigenvalue weighted by Crippen LogP contribution is 2.32. The number of imide groups is 1. The van der Waals surface area contributed by atoms with Crippen molar-refractivity contribution in [3.8, 4) is 0 Å². The van der Waals surface area contributed by atoms with E-state index in [9.17, 15) is 9.59 Å². The van der Waals surface area contributed by atoms with Gasteiger partial charge in [0.25, 0.3) is 5.91 Å². The Balaban J connectivity index is 1.84. The second-order valence-corrected chi connectivity index (χ2v) is 6.16. The molecule has 1 N–H and O–H groups in total. The van der Waals surface area contributed by atoms with Gasteiger partial charge in [-0.2, -0.15) is 0 Å². The maximum Gasteiger partial charge on any atom is 0.326 e. The van der Waals surface area contributed by atoms with E-state index in [1.807, 2.05) is 38.1 Å². The Morgan fingerprint density at radius 1 is 1.17 bits per heavy atom. The highest BCUT2D eigenvalue weighted by atomic mass is 16.5. The van der Waals surface area contributed by atoms with Gasteiger partial charge in [-0.15, -0.1) is 0 Å². The molecule has 0 aliphatic carbocycles. The third-order valence-corrected chi connectivity index (χ3v) is 4.70. The van der Waals surface area contributed by atoms with Crippen LogP contribution in [0, 0.1) is 6.92 Å². The Morgan fingerprint density at radius 2 is 1.83 bits per heavy atom. The summed E-state index contributed by atoms with van der Waals surface area (Å²) in [5, 5.41) is 2.92. The molecule has 3 amide bonds. The van der Waals surface area contributed by atoms with Crippen molar-refractivity contribution in [3.63, 3.8) is 0 Å². The number of aryl methyl sites for hydroxylation is 1. The monoisotopic (exact) mass is 317 g/mol. The van der Waals surface area contributed by atoms with Crippen molar-refractivity contribution < 1.29 is 14.3 Å². The van der Waals surface area contributed by atoms with Crippen molar-refractivity contribution in [2.45, 2.75) is 25.8 Å². The van der Waals surface area contributed by atoms with Gasteiger partial charge < -0.3 is 10.1 Å². The number of carbonyl (C=O) groups excluding carboxylic acids is 2. The van der Waals surface area contributed by atoms with Crippen LogP contribution in [-0.4, -0.2) is 54.7 Å². The summed E-state index contributed by atoms with van der Waals surface area (Å²) >= 11 is 0. The van der Waals surface area contributed by atoms with E-state index in [2.05, 4.69) is 10.2 Å². The summed E-state index contributed by atoms with van der Waals surface area (Å²) in [7, 11) is 0. The molecular formula is C17H23N3O3. The van der Waals surface area contributed by atoms with E-state index in [-0.39, 0.29) is 11.9 Å². The summed E-state index contributed by atoms with van der Waals surface area (Å²) < 4.78 is 5.31. The van der Waals surface area contributed by atoms with Gasteiger partial charge in [0.2, 0.25) is 0 Å². The van der Waals surface area contributed by atoms with Crippen LogP contribution in [0.4, 0.5) is 4.79 Å². The summed E-state index contributed by atoms with van der Waals surface area (Å²) in [6, 6.07) is 7.47. The van der Waals surface area contributed by atoms with Gasteiger partial charge >= 0.3 is 6.03 Å². The highest BCUT2D eigenvalue weighted by molar-refractivity contribution is 6.07. The van der Waals surface area contributed by atoms with E-state index >= 15 is 0 Å². The molecule has 1 aromatic carbocycles. The first-order valence-electron chi connectivity index (χ1n) is 8.08. The predicted octanol–water partition coefficient (Wildman–Crippen LogP) is 1.44. The summed E-state index contributed by atoms with van der Waals surface area (Å²) in [6.07, 6.45) is 0.528. The molecule has 2 aliphatic rings. The minimum absolute atomic E-state index is 0.166. The molecule has 124 valence electrons. The lowest BCUT2D eigenvalue weighted by atomic mass is 9.87. The van der Waals surface area contributed by atoms with E-state index in [1.54, 1.807) is 0 Å². The Kier molecular flexibility index (Phi) is 4.37. The largest absolute Gasteiger partial charge is 0.379 e. The fourth-order valence-corrected chi connectivity index (χ4v) is 3.17. The van der Waals surface area contributed by atoms with Gasteiger partial charge in [0.05, 0.1) is 19.9 Å². The molecule has 1 aromatic rings. The molecule has 0 saturated carbocycles. The maximum atomic E-state index is 13.0. The Labute approximate surface area is 136 Å². The molecule has 6 heteroatoms. The van der Waals surface area contributed by atoms with Crippen molar-refractivity contribution in [1.29, 1.82) is 0 Å². The first-order valence-corrected chi connectivity index (χ1v) is 8.08. The molecule has 23 heavy (non-hydrogen) atoms. The zero-order valence-electron chi connectivity index (χ0n) is 13.7. The van der Waals surface area contributed by atoms with Crippen LogP contribution in [0.5, 0.6) is 0 Å². The molecule has 2 aliphatic heterocycles. The molecule has 2 heterocycles. The number of hydrogen-bond acceptors (Lipinski definition) is 4. The number of nitrogens with one attached hydrogen (secondary N) is 1. The Morgan fingerprint density at radius 3 is 2.43 bits per heavy atom. The molecule has 3 rings (SSSR count). The minimum Gasteiger partial charge on any atom is -0.379 e. The molecule has 0 bridgehead atoms. The van der Waals surface area contributed by atoms with Crippen LogP contribution >= 0.6 is 0 Å². The summed E-state index contributed by atoms with van der Waals surface area (Å²) in [4.78, 5) is 28.8. The number of ether oxygens (including phenoxy) is 1.